The number of esters is 1. The summed E-state index contributed by atoms with van der Waals surface area (Å²) >= 11 is 0. The number of cyclic esters (lactones) is 1. The normalized spacial score (nSPS) is 14.7. The van der Waals surface area contributed by atoms with E-state index in [9.17, 15) is 22.8 Å². The van der Waals surface area contributed by atoms with Crippen molar-refractivity contribution in [3.05, 3.63) is 58.8 Å². The number of nitrogens with two attached hydrogens (primary N) is 1. The van der Waals surface area contributed by atoms with E-state index in [1.807, 2.05) is 0 Å². The summed E-state index contributed by atoms with van der Waals surface area (Å²) < 4.78 is 59.1. The third kappa shape index (κ3) is 4.99. The monoisotopic (exact) mass is 450 g/mol. The first-order valence-corrected chi connectivity index (χ1v) is 8.99. The van der Waals surface area contributed by atoms with Crippen molar-refractivity contribution < 1.29 is 41.7 Å². The molecule has 168 valence electrons. The number of carbonyl (C=O) groups is 2. The van der Waals surface area contributed by atoms with Crippen LogP contribution in [0, 0.1) is 0 Å². The molecular weight excluding hydrogens is 433 g/mol. The Bertz CT molecular complexity index is 1080. The van der Waals surface area contributed by atoms with E-state index in [-0.39, 0.29) is 34.4 Å². The Hall–Kier alpha value is -4.02. The predicted molar refractivity (Wildman–Crippen MR) is 106 cm³/mol. The molecule has 0 radical (unpaired) electrons. The molecule has 32 heavy (non-hydrogen) atoms. The van der Waals surface area contributed by atoms with Gasteiger partial charge in [-0.2, -0.15) is 13.2 Å². The Morgan fingerprint density at radius 2 is 1.72 bits per heavy atom. The van der Waals surface area contributed by atoms with Crippen LogP contribution in [0.25, 0.3) is 6.08 Å². The van der Waals surface area contributed by atoms with Gasteiger partial charge in [0.15, 0.2) is 23.8 Å². The fourth-order valence-corrected chi connectivity index (χ4v) is 2.76. The number of primary amides is 1. The first-order valence-electron chi connectivity index (χ1n) is 8.99. The summed E-state index contributed by atoms with van der Waals surface area (Å²) in [4.78, 5) is 27.3. The van der Waals surface area contributed by atoms with Crippen LogP contribution < -0.4 is 19.9 Å². The highest BCUT2D eigenvalue weighted by molar-refractivity contribution is 6.12. The van der Waals surface area contributed by atoms with Gasteiger partial charge in [-0.15, -0.1) is 0 Å². The van der Waals surface area contributed by atoms with Gasteiger partial charge in [0.05, 0.1) is 19.8 Å². The molecule has 0 fully saturated rings. The van der Waals surface area contributed by atoms with Crippen LogP contribution in [-0.4, -0.2) is 38.6 Å². The van der Waals surface area contributed by atoms with E-state index in [0.717, 1.165) is 24.3 Å². The zero-order chi connectivity index (χ0) is 23.5. The maximum Gasteiger partial charge on any atom is 0.416 e. The summed E-state index contributed by atoms with van der Waals surface area (Å²) in [6.45, 7) is -0.403. The molecule has 8 nitrogen and oxygen atoms in total. The van der Waals surface area contributed by atoms with Crippen molar-refractivity contribution in [3.8, 4) is 17.2 Å². The van der Waals surface area contributed by atoms with Crippen LogP contribution in [0.2, 0.25) is 0 Å². The Morgan fingerprint density at radius 1 is 1.12 bits per heavy atom. The van der Waals surface area contributed by atoms with Crippen LogP contribution in [-0.2, 0) is 20.5 Å². The molecule has 0 spiro atoms. The molecule has 2 N–H and O–H groups in total. The summed E-state index contributed by atoms with van der Waals surface area (Å²) in [5, 5.41) is 0. The van der Waals surface area contributed by atoms with Gasteiger partial charge in [0, 0.05) is 5.56 Å². The van der Waals surface area contributed by atoms with Crippen molar-refractivity contribution >= 4 is 23.9 Å². The molecule has 0 aromatic heterocycles. The van der Waals surface area contributed by atoms with E-state index in [1.54, 1.807) is 0 Å². The summed E-state index contributed by atoms with van der Waals surface area (Å²) in [6.07, 6.45) is -3.11. The van der Waals surface area contributed by atoms with Crippen LogP contribution in [0.15, 0.2) is 47.1 Å². The minimum absolute atomic E-state index is 0.0881. The SMILES string of the molecule is COc1cc(C=C2N=C(c3ccc(C(F)(F)F)cc3)OC2=O)cc(OC)c1OCC(N)=O. The Morgan fingerprint density at radius 3 is 2.22 bits per heavy atom. The lowest BCUT2D eigenvalue weighted by Gasteiger charge is -2.14. The number of aliphatic imine (C=N–C) groups is 1. The fraction of sp³-hybridized carbons (Fsp3) is 0.190. The number of alkyl halides is 3. The molecule has 1 heterocycles. The second kappa shape index (κ2) is 9.00. The summed E-state index contributed by atoms with van der Waals surface area (Å²) in [6, 6.07) is 7.07. The molecule has 2 aromatic carbocycles. The molecule has 11 heteroatoms. The Labute approximate surface area is 180 Å². The van der Waals surface area contributed by atoms with Gasteiger partial charge in [0.25, 0.3) is 5.91 Å². The van der Waals surface area contributed by atoms with Gasteiger partial charge in [0.1, 0.15) is 0 Å². The molecule has 1 aliphatic rings. The third-order valence-electron chi connectivity index (χ3n) is 4.22. The number of rotatable bonds is 7. The van der Waals surface area contributed by atoms with Crippen LogP contribution in [0.5, 0.6) is 17.2 Å². The smallest absolute Gasteiger partial charge is 0.416 e. The van der Waals surface area contributed by atoms with E-state index in [4.69, 9.17) is 24.7 Å². The van der Waals surface area contributed by atoms with Crippen molar-refractivity contribution in [3.63, 3.8) is 0 Å². The van der Waals surface area contributed by atoms with Crippen LogP contribution >= 0.6 is 0 Å². The molecule has 0 bridgehead atoms. The molecule has 2 aromatic rings. The minimum Gasteiger partial charge on any atom is -0.493 e. The second-order valence-corrected chi connectivity index (χ2v) is 6.42. The molecule has 0 aliphatic carbocycles. The number of carbonyl (C=O) groups excluding carboxylic acids is 2. The zero-order valence-corrected chi connectivity index (χ0v) is 16.9. The van der Waals surface area contributed by atoms with E-state index < -0.39 is 30.2 Å². The lowest BCUT2D eigenvalue weighted by atomic mass is 10.1. The third-order valence-corrected chi connectivity index (χ3v) is 4.22. The largest absolute Gasteiger partial charge is 0.493 e. The Balaban J connectivity index is 1.92. The first kappa shape index (κ1) is 22.7. The van der Waals surface area contributed by atoms with E-state index in [0.29, 0.717) is 5.56 Å². The lowest BCUT2D eigenvalue weighted by Crippen LogP contribution is -2.20. The second-order valence-electron chi connectivity index (χ2n) is 6.42. The number of hydrogen-bond acceptors (Lipinski definition) is 7. The number of hydrogen-bond donors (Lipinski definition) is 1. The summed E-state index contributed by atoms with van der Waals surface area (Å²) in [5.41, 5.74) is 4.80. The van der Waals surface area contributed by atoms with Gasteiger partial charge in [0.2, 0.25) is 11.6 Å². The van der Waals surface area contributed by atoms with Crippen molar-refractivity contribution in [2.24, 2.45) is 10.7 Å². The fourth-order valence-electron chi connectivity index (χ4n) is 2.76. The number of halogens is 3. The quantitative estimate of drug-likeness (QED) is 0.513. The van der Waals surface area contributed by atoms with Gasteiger partial charge in [-0.25, -0.2) is 9.79 Å². The van der Waals surface area contributed by atoms with Gasteiger partial charge >= 0.3 is 12.1 Å². The summed E-state index contributed by atoms with van der Waals surface area (Å²) in [5.74, 6) is -1.06. The molecule has 0 atom stereocenters. The molecule has 0 saturated heterocycles. The predicted octanol–water partition coefficient (Wildman–Crippen LogP) is 2.93. The Kier molecular flexibility index (Phi) is 6.37. The number of methoxy groups -OCH3 is 2. The number of ether oxygens (including phenoxy) is 4. The van der Waals surface area contributed by atoms with Crippen molar-refractivity contribution in [1.29, 1.82) is 0 Å². The number of benzene rings is 2. The first-order chi connectivity index (χ1) is 15.1. The highest BCUT2D eigenvalue weighted by atomic mass is 19.4. The molecule has 1 aliphatic heterocycles. The lowest BCUT2D eigenvalue weighted by molar-refractivity contribution is -0.137. The molecule has 0 unspecified atom stereocenters. The van der Waals surface area contributed by atoms with Crippen LogP contribution in [0.4, 0.5) is 13.2 Å². The number of amides is 1. The van der Waals surface area contributed by atoms with E-state index >= 15 is 0 Å². The van der Waals surface area contributed by atoms with E-state index in [1.165, 1.54) is 32.4 Å². The maximum absolute atomic E-state index is 12.7. The highest BCUT2D eigenvalue weighted by Gasteiger charge is 2.31. The molecule has 3 rings (SSSR count). The highest BCUT2D eigenvalue weighted by Crippen LogP contribution is 2.39. The average molecular weight is 450 g/mol. The topological polar surface area (TPSA) is 109 Å². The summed E-state index contributed by atoms with van der Waals surface area (Å²) in [7, 11) is 2.74. The van der Waals surface area contributed by atoms with Crippen LogP contribution in [0.1, 0.15) is 16.7 Å². The van der Waals surface area contributed by atoms with Gasteiger partial charge in [-0.05, 0) is 48.0 Å². The van der Waals surface area contributed by atoms with Crippen molar-refractivity contribution in [2.45, 2.75) is 6.18 Å². The maximum atomic E-state index is 12.7. The molecular formula is C21H17F3N2O6. The molecule has 0 saturated carbocycles. The van der Waals surface area contributed by atoms with Gasteiger partial charge < -0.3 is 24.7 Å². The van der Waals surface area contributed by atoms with Gasteiger partial charge in [-0.1, -0.05) is 0 Å². The van der Waals surface area contributed by atoms with E-state index in [2.05, 4.69) is 4.99 Å². The van der Waals surface area contributed by atoms with Gasteiger partial charge in [-0.3, -0.25) is 4.79 Å². The average Bonchev–Trinajstić information content (AvgIpc) is 3.11. The minimum atomic E-state index is -4.48. The molecule has 1 amide bonds. The standard InChI is InChI=1S/C21H17F3N2O6/c1-29-15-8-11(9-16(30-2)18(15)31-10-17(25)27)7-14-20(28)32-19(26-14)12-3-5-13(6-4-12)21(22,23)24/h3-9H,10H2,1-2H3,(H2,25,27). The van der Waals surface area contributed by atoms with Crippen molar-refractivity contribution in [2.75, 3.05) is 20.8 Å². The van der Waals surface area contributed by atoms with Crippen molar-refractivity contribution in [1.82, 2.24) is 0 Å². The number of nitrogens with zero attached hydrogens (tertiary/aromatic N) is 1. The zero-order valence-electron chi connectivity index (χ0n) is 16.9. The van der Waals surface area contributed by atoms with Crippen LogP contribution in [0.3, 0.4) is 0 Å².